The molecule has 0 atom stereocenters. The van der Waals surface area contributed by atoms with Gasteiger partial charge in [0.05, 0.1) is 23.4 Å². The Morgan fingerprint density at radius 3 is 2.66 bits per heavy atom. The number of nitrogens with one attached hydrogen (secondary N) is 1. The number of anilines is 1. The molecule has 0 unspecified atom stereocenters. The zero-order valence-electron chi connectivity index (χ0n) is 16.4. The zero-order chi connectivity index (χ0) is 20.8. The summed E-state index contributed by atoms with van der Waals surface area (Å²) < 4.78 is 4.84. The molecule has 1 amide bonds. The van der Waals surface area contributed by atoms with Gasteiger partial charge < -0.3 is 10.1 Å². The molecule has 29 heavy (non-hydrogen) atoms. The van der Waals surface area contributed by atoms with E-state index in [1.807, 2.05) is 50.2 Å². The maximum Gasteiger partial charge on any atom is 0.341 e. The van der Waals surface area contributed by atoms with Gasteiger partial charge in [0.1, 0.15) is 11.3 Å². The zero-order valence-corrected chi connectivity index (χ0v) is 18.0. The number of aromatic nitrogens is 2. The number of benzene rings is 1. The number of rotatable bonds is 7. The number of aryl methyl sites for hydroxylation is 1. The Hall–Kier alpha value is -2.71. The van der Waals surface area contributed by atoms with Crippen molar-refractivity contribution in [3.05, 3.63) is 58.7 Å². The highest BCUT2D eigenvalue weighted by atomic mass is 32.2. The Morgan fingerprint density at radius 2 is 1.93 bits per heavy atom. The minimum absolute atomic E-state index is 0.152. The van der Waals surface area contributed by atoms with Gasteiger partial charge in [0, 0.05) is 22.6 Å². The van der Waals surface area contributed by atoms with Crippen LogP contribution in [-0.2, 0) is 9.53 Å². The largest absolute Gasteiger partial charge is 0.465 e. The van der Waals surface area contributed by atoms with Crippen LogP contribution in [0, 0.1) is 13.8 Å². The molecule has 3 aromatic rings. The van der Waals surface area contributed by atoms with Crippen molar-refractivity contribution in [1.29, 1.82) is 0 Å². The van der Waals surface area contributed by atoms with Crippen LogP contribution in [0.3, 0.4) is 0 Å². The maximum atomic E-state index is 12.4. The van der Waals surface area contributed by atoms with E-state index in [0.717, 1.165) is 26.7 Å². The smallest absolute Gasteiger partial charge is 0.341 e. The van der Waals surface area contributed by atoms with Crippen molar-refractivity contribution < 1.29 is 14.3 Å². The average molecular weight is 428 g/mol. The van der Waals surface area contributed by atoms with E-state index in [-0.39, 0.29) is 5.91 Å². The van der Waals surface area contributed by atoms with E-state index in [1.165, 1.54) is 36.5 Å². The summed E-state index contributed by atoms with van der Waals surface area (Å²) in [5.74, 6) is -0.0271. The molecule has 0 radical (unpaired) electrons. The highest BCUT2D eigenvalue weighted by Crippen LogP contribution is 2.33. The molecule has 2 heterocycles. The summed E-state index contributed by atoms with van der Waals surface area (Å²) in [7, 11) is 1.34. The highest BCUT2D eigenvalue weighted by Gasteiger charge is 2.21. The van der Waals surface area contributed by atoms with Gasteiger partial charge in [-0.05, 0) is 25.5 Å². The molecule has 0 bridgehead atoms. The SMILES string of the molecule is COC(=O)c1c(NC(=O)CCSc2cc(-c3ccccc3)ncn2)sc(C)c1C. The summed E-state index contributed by atoms with van der Waals surface area (Å²) >= 11 is 2.87. The Balaban J connectivity index is 1.59. The number of carbonyl (C=O) groups excluding carboxylic acids is 2. The summed E-state index contributed by atoms with van der Waals surface area (Å²) in [5, 5.41) is 4.19. The number of methoxy groups -OCH3 is 1. The Labute approximate surface area is 177 Å². The molecule has 8 heteroatoms. The quantitative estimate of drug-likeness (QED) is 0.334. The van der Waals surface area contributed by atoms with Gasteiger partial charge in [-0.3, -0.25) is 4.79 Å². The number of amides is 1. The van der Waals surface area contributed by atoms with Crippen LogP contribution < -0.4 is 5.32 Å². The normalized spacial score (nSPS) is 10.6. The lowest BCUT2D eigenvalue weighted by Crippen LogP contribution is -2.14. The minimum atomic E-state index is -0.439. The van der Waals surface area contributed by atoms with Gasteiger partial charge >= 0.3 is 5.97 Å². The molecule has 0 fully saturated rings. The fourth-order valence-corrected chi connectivity index (χ4v) is 4.56. The number of ether oxygens (including phenoxy) is 1. The number of thiophene rings is 1. The second-order valence-electron chi connectivity index (χ2n) is 6.23. The molecule has 0 saturated carbocycles. The van der Waals surface area contributed by atoms with E-state index in [9.17, 15) is 9.59 Å². The van der Waals surface area contributed by atoms with Crippen LogP contribution in [0.1, 0.15) is 27.2 Å². The molecule has 2 aromatic heterocycles. The van der Waals surface area contributed by atoms with Gasteiger partial charge in [0.25, 0.3) is 0 Å². The third-order valence-corrected chi connectivity index (χ3v) is 6.37. The van der Waals surface area contributed by atoms with E-state index in [2.05, 4.69) is 15.3 Å². The van der Waals surface area contributed by atoms with Gasteiger partial charge in [-0.15, -0.1) is 23.1 Å². The molecule has 0 aliphatic rings. The second-order valence-corrected chi connectivity index (χ2v) is 8.57. The number of hydrogen-bond donors (Lipinski definition) is 1. The first-order valence-corrected chi connectivity index (χ1v) is 10.8. The Kier molecular flexibility index (Phi) is 7.00. The van der Waals surface area contributed by atoms with E-state index in [0.29, 0.717) is 22.7 Å². The first-order valence-electron chi connectivity index (χ1n) is 8.98. The molecule has 6 nitrogen and oxygen atoms in total. The van der Waals surface area contributed by atoms with Crippen molar-refractivity contribution in [3.63, 3.8) is 0 Å². The lowest BCUT2D eigenvalue weighted by atomic mass is 10.1. The van der Waals surface area contributed by atoms with Crippen molar-refractivity contribution in [2.24, 2.45) is 0 Å². The number of esters is 1. The molecule has 150 valence electrons. The standard InChI is InChI=1S/C21H21N3O3S2/c1-13-14(2)29-20(19(13)21(26)27-3)24-17(25)9-10-28-18-11-16(22-12-23-18)15-7-5-4-6-8-15/h4-8,11-12H,9-10H2,1-3H3,(H,24,25). The molecular formula is C21H21N3O3S2. The summed E-state index contributed by atoms with van der Waals surface area (Å²) in [6, 6.07) is 11.8. The first-order chi connectivity index (χ1) is 14.0. The van der Waals surface area contributed by atoms with Crippen LogP contribution in [-0.4, -0.2) is 34.7 Å². The van der Waals surface area contributed by atoms with E-state index >= 15 is 0 Å². The number of hydrogen-bond acceptors (Lipinski definition) is 7. The highest BCUT2D eigenvalue weighted by molar-refractivity contribution is 7.99. The number of nitrogens with zero attached hydrogens (tertiary/aromatic N) is 2. The lowest BCUT2D eigenvalue weighted by molar-refractivity contribution is -0.115. The Bertz CT molecular complexity index is 1020. The van der Waals surface area contributed by atoms with Gasteiger partial charge in [-0.25, -0.2) is 14.8 Å². The maximum absolute atomic E-state index is 12.4. The fourth-order valence-electron chi connectivity index (χ4n) is 2.69. The minimum Gasteiger partial charge on any atom is -0.465 e. The topological polar surface area (TPSA) is 81.2 Å². The van der Waals surface area contributed by atoms with Gasteiger partial charge in [0.2, 0.25) is 5.91 Å². The van der Waals surface area contributed by atoms with Gasteiger partial charge in [-0.1, -0.05) is 30.3 Å². The Morgan fingerprint density at radius 1 is 1.17 bits per heavy atom. The third kappa shape index (κ3) is 5.21. The van der Waals surface area contributed by atoms with Gasteiger partial charge in [0.15, 0.2) is 0 Å². The predicted octanol–water partition coefficient (Wildman–Crippen LogP) is 4.73. The molecule has 0 aliphatic carbocycles. The first kappa shape index (κ1) is 21.0. The molecule has 0 spiro atoms. The summed E-state index contributed by atoms with van der Waals surface area (Å²) in [5.41, 5.74) is 3.13. The van der Waals surface area contributed by atoms with Crippen LogP contribution in [0.2, 0.25) is 0 Å². The van der Waals surface area contributed by atoms with Crippen LogP contribution >= 0.6 is 23.1 Å². The van der Waals surface area contributed by atoms with Crippen LogP contribution in [0.15, 0.2) is 47.8 Å². The third-order valence-electron chi connectivity index (χ3n) is 4.32. The fraction of sp³-hybridized carbons (Fsp3) is 0.238. The van der Waals surface area contributed by atoms with Gasteiger partial charge in [-0.2, -0.15) is 0 Å². The second kappa shape index (κ2) is 9.67. The molecule has 3 rings (SSSR count). The molecular weight excluding hydrogens is 406 g/mol. The average Bonchev–Trinajstić information content (AvgIpc) is 3.01. The van der Waals surface area contributed by atoms with Crippen LogP contribution in [0.25, 0.3) is 11.3 Å². The van der Waals surface area contributed by atoms with Crippen molar-refractivity contribution in [2.45, 2.75) is 25.3 Å². The summed E-state index contributed by atoms with van der Waals surface area (Å²) in [6.45, 7) is 3.76. The van der Waals surface area contributed by atoms with Crippen molar-refractivity contribution >= 4 is 40.0 Å². The lowest BCUT2D eigenvalue weighted by Gasteiger charge is -2.06. The number of thioether (sulfide) groups is 1. The van der Waals surface area contributed by atoms with E-state index in [1.54, 1.807) is 0 Å². The summed E-state index contributed by atoms with van der Waals surface area (Å²) in [6.07, 6.45) is 1.83. The molecule has 0 aliphatic heterocycles. The summed E-state index contributed by atoms with van der Waals surface area (Å²) in [4.78, 5) is 33.9. The number of carbonyl (C=O) groups is 2. The van der Waals surface area contributed by atoms with E-state index in [4.69, 9.17) is 4.74 Å². The van der Waals surface area contributed by atoms with E-state index < -0.39 is 5.97 Å². The van der Waals surface area contributed by atoms with Crippen LogP contribution in [0.5, 0.6) is 0 Å². The van der Waals surface area contributed by atoms with Crippen molar-refractivity contribution in [1.82, 2.24) is 9.97 Å². The van der Waals surface area contributed by atoms with Crippen molar-refractivity contribution in [3.8, 4) is 11.3 Å². The van der Waals surface area contributed by atoms with Crippen molar-refractivity contribution in [2.75, 3.05) is 18.2 Å². The monoisotopic (exact) mass is 427 g/mol. The molecule has 1 aromatic carbocycles. The predicted molar refractivity (Wildman–Crippen MR) is 117 cm³/mol. The van der Waals surface area contributed by atoms with Crippen LogP contribution in [0.4, 0.5) is 5.00 Å². The molecule has 1 N–H and O–H groups in total. The molecule has 0 saturated heterocycles.